The molecule has 2 atom stereocenters. The summed E-state index contributed by atoms with van der Waals surface area (Å²) in [7, 11) is 0. The van der Waals surface area contributed by atoms with Gasteiger partial charge < -0.3 is 5.32 Å². The summed E-state index contributed by atoms with van der Waals surface area (Å²) in [6.45, 7) is 8.09. The standard InChI is InChI=1S/C13H18BrN/c1-4-10(3)15-13(5-2)11-7-6-8-12(14)9-11/h4,6-10,13,15H,1,5H2,2-3H3. The van der Waals surface area contributed by atoms with E-state index in [2.05, 4.69) is 59.9 Å². The van der Waals surface area contributed by atoms with E-state index in [-0.39, 0.29) is 0 Å². The van der Waals surface area contributed by atoms with Crippen molar-refractivity contribution in [2.45, 2.75) is 32.4 Å². The molecule has 2 heteroatoms. The minimum atomic E-state index is 0.342. The first-order valence-corrected chi connectivity index (χ1v) is 6.10. The van der Waals surface area contributed by atoms with Crippen molar-refractivity contribution in [2.75, 3.05) is 0 Å². The fourth-order valence-electron chi connectivity index (χ4n) is 1.56. The lowest BCUT2D eigenvalue weighted by Gasteiger charge is -2.20. The molecule has 1 N–H and O–H groups in total. The molecule has 1 rings (SSSR count). The molecule has 0 aliphatic heterocycles. The lowest BCUT2D eigenvalue weighted by Crippen LogP contribution is -2.28. The summed E-state index contributed by atoms with van der Waals surface area (Å²) in [5, 5.41) is 3.52. The zero-order valence-corrected chi connectivity index (χ0v) is 10.9. The van der Waals surface area contributed by atoms with Gasteiger partial charge in [-0.3, -0.25) is 0 Å². The number of hydrogen-bond acceptors (Lipinski definition) is 1. The van der Waals surface area contributed by atoms with E-state index in [1.165, 1.54) is 5.56 Å². The largest absolute Gasteiger partial charge is 0.304 e. The molecular formula is C13H18BrN. The Morgan fingerprint density at radius 3 is 2.80 bits per heavy atom. The minimum absolute atomic E-state index is 0.342. The van der Waals surface area contributed by atoms with E-state index in [1.807, 2.05) is 12.1 Å². The van der Waals surface area contributed by atoms with Crippen LogP contribution in [0.4, 0.5) is 0 Å². The summed E-state index contributed by atoms with van der Waals surface area (Å²) < 4.78 is 1.13. The predicted molar refractivity (Wildman–Crippen MR) is 70.0 cm³/mol. The molecule has 2 unspecified atom stereocenters. The van der Waals surface area contributed by atoms with Gasteiger partial charge in [0.25, 0.3) is 0 Å². The van der Waals surface area contributed by atoms with Gasteiger partial charge in [0.15, 0.2) is 0 Å². The number of rotatable bonds is 5. The third-order valence-electron chi connectivity index (χ3n) is 2.48. The molecule has 0 aliphatic carbocycles. The van der Waals surface area contributed by atoms with Crippen LogP contribution in [0.5, 0.6) is 0 Å². The summed E-state index contributed by atoms with van der Waals surface area (Å²) in [6.07, 6.45) is 3.01. The second-order valence-electron chi connectivity index (χ2n) is 3.71. The Kier molecular flexibility index (Phi) is 5.06. The summed E-state index contributed by atoms with van der Waals surface area (Å²) >= 11 is 3.49. The maximum Gasteiger partial charge on any atom is 0.0323 e. The van der Waals surface area contributed by atoms with Crippen molar-refractivity contribution in [3.63, 3.8) is 0 Å². The zero-order chi connectivity index (χ0) is 11.3. The average molecular weight is 268 g/mol. The van der Waals surface area contributed by atoms with Gasteiger partial charge in [0, 0.05) is 16.6 Å². The van der Waals surface area contributed by atoms with Gasteiger partial charge in [-0.15, -0.1) is 6.58 Å². The quantitative estimate of drug-likeness (QED) is 0.794. The molecule has 0 spiro atoms. The van der Waals surface area contributed by atoms with E-state index in [9.17, 15) is 0 Å². The molecule has 0 radical (unpaired) electrons. The van der Waals surface area contributed by atoms with E-state index in [0.717, 1.165) is 10.9 Å². The lowest BCUT2D eigenvalue weighted by molar-refractivity contribution is 0.490. The van der Waals surface area contributed by atoms with Gasteiger partial charge in [-0.2, -0.15) is 0 Å². The zero-order valence-electron chi connectivity index (χ0n) is 9.33. The molecular weight excluding hydrogens is 250 g/mol. The van der Waals surface area contributed by atoms with Crippen molar-refractivity contribution in [1.29, 1.82) is 0 Å². The van der Waals surface area contributed by atoms with E-state index in [0.29, 0.717) is 12.1 Å². The molecule has 1 aromatic rings. The number of benzene rings is 1. The highest BCUT2D eigenvalue weighted by Crippen LogP contribution is 2.21. The second kappa shape index (κ2) is 6.09. The Morgan fingerprint density at radius 2 is 2.27 bits per heavy atom. The van der Waals surface area contributed by atoms with Crippen LogP contribution in [-0.2, 0) is 0 Å². The van der Waals surface area contributed by atoms with Crippen molar-refractivity contribution < 1.29 is 0 Å². The van der Waals surface area contributed by atoms with Crippen molar-refractivity contribution in [2.24, 2.45) is 0 Å². The van der Waals surface area contributed by atoms with Crippen LogP contribution in [0.25, 0.3) is 0 Å². The predicted octanol–water partition coefficient (Wildman–Crippen LogP) is 4.06. The Labute approximate surface area is 101 Å². The summed E-state index contributed by atoms with van der Waals surface area (Å²) in [5.41, 5.74) is 1.32. The van der Waals surface area contributed by atoms with Gasteiger partial charge in [-0.1, -0.05) is 41.1 Å². The smallest absolute Gasteiger partial charge is 0.0323 e. The minimum Gasteiger partial charge on any atom is -0.304 e. The molecule has 15 heavy (non-hydrogen) atoms. The monoisotopic (exact) mass is 267 g/mol. The highest BCUT2D eigenvalue weighted by Gasteiger charge is 2.10. The van der Waals surface area contributed by atoms with Gasteiger partial charge in [0.1, 0.15) is 0 Å². The lowest BCUT2D eigenvalue weighted by atomic mass is 10.0. The topological polar surface area (TPSA) is 12.0 Å². The number of nitrogens with one attached hydrogen (secondary N) is 1. The summed E-state index contributed by atoms with van der Waals surface area (Å²) in [6, 6.07) is 9.18. The van der Waals surface area contributed by atoms with Gasteiger partial charge in [-0.05, 0) is 31.0 Å². The maximum atomic E-state index is 3.79. The average Bonchev–Trinajstić information content (AvgIpc) is 2.25. The molecule has 0 heterocycles. The third kappa shape index (κ3) is 3.80. The van der Waals surface area contributed by atoms with Crippen molar-refractivity contribution in [1.82, 2.24) is 5.32 Å². The maximum absolute atomic E-state index is 3.79. The molecule has 1 aromatic carbocycles. The van der Waals surface area contributed by atoms with Crippen molar-refractivity contribution >= 4 is 15.9 Å². The summed E-state index contributed by atoms with van der Waals surface area (Å²) in [5.74, 6) is 0. The van der Waals surface area contributed by atoms with Gasteiger partial charge in [0.05, 0.1) is 0 Å². The second-order valence-corrected chi connectivity index (χ2v) is 4.62. The molecule has 0 fully saturated rings. The van der Waals surface area contributed by atoms with Crippen LogP contribution in [0.2, 0.25) is 0 Å². The molecule has 1 nitrogen and oxygen atoms in total. The van der Waals surface area contributed by atoms with Crippen LogP contribution in [0.15, 0.2) is 41.4 Å². The Hall–Kier alpha value is -0.600. The first-order valence-electron chi connectivity index (χ1n) is 5.31. The molecule has 0 bridgehead atoms. The highest BCUT2D eigenvalue weighted by molar-refractivity contribution is 9.10. The van der Waals surface area contributed by atoms with Gasteiger partial charge in [-0.25, -0.2) is 0 Å². The van der Waals surface area contributed by atoms with E-state index in [4.69, 9.17) is 0 Å². The first kappa shape index (κ1) is 12.5. The van der Waals surface area contributed by atoms with Crippen LogP contribution in [0.1, 0.15) is 31.9 Å². The van der Waals surface area contributed by atoms with E-state index < -0.39 is 0 Å². The number of halogens is 1. The fraction of sp³-hybridized carbons (Fsp3) is 0.385. The van der Waals surface area contributed by atoms with Gasteiger partial charge >= 0.3 is 0 Å². The molecule has 0 saturated heterocycles. The Bertz CT molecular complexity index is 322. The Morgan fingerprint density at radius 1 is 1.53 bits per heavy atom. The van der Waals surface area contributed by atoms with Gasteiger partial charge in [0.2, 0.25) is 0 Å². The molecule has 0 amide bonds. The first-order chi connectivity index (χ1) is 7.17. The van der Waals surface area contributed by atoms with E-state index in [1.54, 1.807) is 0 Å². The Balaban J connectivity index is 2.78. The van der Waals surface area contributed by atoms with Crippen LogP contribution in [0, 0.1) is 0 Å². The van der Waals surface area contributed by atoms with E-state index >= 15 is 0 Å². The van der Waals surface area contributed by atoms with Crippen molar-refractivity contribution in [3.8, 4) is 0 Å². The fourth-order valence-corrected chi connectivity index (χ4v) is 1.98. The van der Waals surface area contributed by atoms with Crippen LogP contribution in [0.3, 0.4) is 0 Å². The SMILES string of the molecule is C=CC(C)NC(CC)c1cccc(Br)c1. The number of hydrogen-bond donors (Lipinski definition) is 1. The van der Waals surface area contributed by atoms with Crippen LogP contribution < -0.4 is 5.32 Å². The molecule has 82 valence electrons. The summed E-state index contributed by atoms with van der Waals surface area (Å²) in [4.78, 5) is 0. The third-order valence-corrected chi connectivity index (χ3v) is 2.97. The van der Waals surface area contributed by atoms with Crippen LogP contribution >= 0.6 is 15.9 Å². The molecule has 0 aromatic heterocycles. The van der Waals surface area contributed by atoms with Crippen molar-refractivity contribution in [3.05, 3.63) is 47.0 Å². The molecule has 0 aliphatic rings. The van der Waals surface area contributed by atoms with Crippen LogP contribution in [-0.4, -0.2) is 6.04 Å². The highest BCUT2D eigenvalue weighted by atomic mass is 79.9. The molecule has 0 saturated carbocycles. The normalized spacial score (nSPS) is 14.6.